The van der Waals surface area contributed by atoms with Crippen molar-refractivity contribution in [1.82, 2.24) is 4.31 Å². The zero-order chi connectivity index (χ0) is 18.8. The summed E-state index contributed by atoms with van der Waals surface area (Å²) >= 11 is 0. The van der Waals surface area contributed by atoms with Crippen molar-refractivity contribution in [3.8, 4) is 0 Å². The van der Waals surface area contributed by atoms with Crippen molar-refractivity contribution in [3.05, 3.63) is 23.8 Å². The molecule has 2 atom stereocenters. The third kappa shape index (κ3) is 4.59. The van der Waals surface area contributed by atoms with Crippen LogP contribution in [0.2, 0.25) is 0 Å². The summed E-state index contributed by atoms with van der Waals surface area (Å²) < 4.78 is 26.6. The first kappa shape index (κ1) is 19.9. The highest BCUT2D eigenvalue weighted by Gasteiger charge is 2.27. The summed E-state index contributed by atoms with van der Waals surface area (Å²) in [4.78, 5) is 12.5. The van der Waals surface area contributed by atoms with E-state index in [1.165, 1.54) is 10.4 Å². The lowest BCUT2D eigenvalue weighted by Gasteiger charge is -2.22. The summed E-state index contributed by atoms with van der Waals surface area (Å²) in [7, 11) is -2.03. The second-order valence-corrected chi connectivity index (χ2v) is 9.20. The van der Waals surface area contributed by atoms with Crippen LogP contribution in [0.25, 0.3) is 0 Å². The minimum Gasteiger partial charge on any atom is -0.327 e. The number of hydrogen-bond donors (Lipinski definition) is 2. The SMILES string of the molecule is Cc1ccc(S(=O)(=O)N(C)C(C)C)cc1NC(=O)C[C@@H]1CCC[C@H]1N. The van der Waals surface area contributed by atoms with Crippen molar-refractivity contribution >= 4 is 21.6 Å². The summed E-state index contributed by atoms with van der Waals surface area (Å²) in [6.07, 6.45) is 3.38. The first-order valence-corrected chi connectivity index (χ1v) is 10.2. The van der Waals surface area contributed by atoms with Gasteiger partial charge in [-0.05, 0) is 57.2 Å². The largest absolute Gasteiger partial charge is 0.327 e. The Hall–Kier alpha value is -1.44. The van der Waals surface area contributed by atoms with Gasteiger partial charge in [0.1, 0.15) is 0 Å². The van der Waals surface area contributed by atoms with E-state index in [4.69, 9.17) is 5.73 Å². The molecular weight excluding hydrogens is 338 g/mol. The molecule has 0 saturated heterocycles. The molecule has 1 aromatic carbocycles. The van der Waals surface area contributed by atoms with E-state index in [1.807, 2.05) is 20.8 Å². The number of hydrogen-bond acceptors (Lipinski definition) is 4. The van der Waals surface area contributed by atoms with Crippen LogP contribution in [-0.2, 0) is 14.8 Å². The Morgan fingerprint density at radius 2 is 2.04 bits per heavy atom. The quantitative estimate of drug-likeness (QED) is 0.808. The number of benzene rings is 1. The summed E-state index contributed by atoms with van der Waals surface area (Å²) in [6.45, 7) is 5.48. The minimum atomic E-state index is -3.58. The Labute approximate surface area is 150 Å². The molecule has 0 unspecified atom stereocenters. The third-order valence-corrected chi connectivity index (χ3v) is 7.08. The third-order valence-electron chi connectivity index (χ3n) is 5.05. The van der Waals surface area contributed by atoms with Crippen molar-refractivity contribution in [2.45, 2.75) is 63.4 Å². The van der Waals surface area contributed by atoms with Crippen LogP contribution in [0.4, 0.5) is 5.69 Å². The Kier molecular flexibility index (Phi) is 6.24. The molecule has 0 aliphatic heterocycles. The van der Waals surface area contributed by atoms with Crippen LogP contribution in [-0.4, -0.2) is 37.8 Å². The Morgan fingerprint density at radius 1 is 1.36 bits per heavy atom. The number of sulfonamides is 1. The molecule has 3 N–H and O–H groups in total. The van der Waals surface area contributed by atoms with Gasteiger partial charge < -0.3 is 11.1 Å². The van der Waals surface area contributed by atoms with Crippen LogP contribution in [0.5, 0.6) is 0 Å². The fourth-order valence-corrected chi connectivity index (χ4v) is 4.49. The van der Waals surface area contributed by atoms with Gasteiger partial charge in [0.05, 0.1) is 4.90 Å². The lowest BCUT2D eigenvalue weighted by molar-refractivity contribution is -0.117. The van der Waals surface area contributed by atoms with Gasteiger partial charge in [-0.1, -0.05) is 12.5 Å². The van der Waals surface area contributed by atoms with Crippen LogP contribution in [0.3, 0.4) is 0 Å². The van der Waals surface area contributed by atoms with Crippen molar-refractivity contribution < 1.29 is 13.2 Å². The van der Waals surface area contributed by atoms with E-state index in [0.29, 0.717) is 12.1 Å². The average Bonchev–Trinajstić information content (AvgIpc) is 2.93. The molecule has 6 nitrogen and oxygen atoms in total. The van der Waals surface area contributed by atoms with Gasteiger partial charge in [-0.15, -0.1) is 0 Å². The molecule has 1 saturated carbocycles. The number of nitrogens with two attached hydrogens (primary N) is 1. The molecule has 7 heteroatoms. The number of carbonyl (C=O) groups is 1. The predicted octanol–water partition coefficient (Wildman–Crippen LogP) is 2.48. The van der Waals surface area contributed by atoms with Crippen molar-refractivity contribution in [2.24, 2.45) is 11.7 Å². The van der Waals surface area contributed by atoms with Crippen LogP contribution >= 0.6 is 0 Å². The molecular formula is C18H29N3O3S. The molecule has 0 bridgehead atoms. The predicted molar refractivity (Wildman–Crippen MR) is 99.8 cm³/mol. The smallest absolute Gasteiger partial charge is 0.243 e. The van der Waals surface area contributed by atoms with Crippen LogP contribution < -0.4 is 11.1 Å². The molecule has 0 radical (unpaired) electrons. The maximum atomic E-state index is 12.6. The molecule has 0 spiro atoms. The molecule has 1 fully saturated rings. The maximum Gasteiger partial charge on any atom is 0.243 e. The molecule has 140 valence electrons. The van der Waals surface area contributed by atoms with Gasteiger partial charge in [-0.2, -0.15) is 4.31 Å². The van der Waals surface area contributed by atoms with Gasteiger partial charge in [0.15, 0.2) is 0 Å². The summed E-state index contributed by atoms with van der Waals surface area (Å²) in [5.74, 6) is 0.0940. The van der Waals surface area contributed by atoms with Gasteiger partial charge >= 0.3 is 0 Å². The number of carbonyl (C=O) groups excluding carboxylic acids is 1. The van der Waals surface area contributed by atoms with E-state index >= 15 is 0 Å². The fraction of sp³-hybridized carbons (Fsp3) is 0.611. The average molecular weight is 368 g/mol. The molecule has 1 aliphatic carbocycles. The van der Waals surface area contributed by atoms with Gasteiger partial charge in [-0.3, -0.25) is 4.79 Å². The Balaban J connectivity index is 2.17. The molecule has 1 aliphatic rings. The van der Waals surface area contributed by atoms with Crippen LogP contribution in [0.1, 0.15) is 45.1 Å². The highest BCUT2D eigenvalue weighted by atomic mass is 32.2. The summed E-state index contributed by atoms with van der Waals surface area (Å²) in [5, 5.41) is 2.86. The first-order chi connectivity index (χ1) is 11.6. The topological polar surface area (TPSA) is 92.5 Å². The summed E-state index contributed by atoms with van der Waals surface area (Å²) in [5.41, 5.74) is 7.39. The Bertz CT molecular complexity index is 731. The lowest BCUT2D eigenvalue weighted by atomic mass is 10.00. The molecule has 2 rings (SSSR count). The van der Waals surface area contributed by atoms with Crippen LogP contribution in [0.15, 0.2) is 23.1 Å². The second-order valence-electron chi connectivity index (χ2n) is 7.20. The number of anilines is 1. The number of aryl methyl sites for hydroxylation is 1. The highest BCUT2D eigenvalue weighted by Crippen LogP contribution is 2.28. The molecule has 25 heavy (non-hydrogen) atoms. The maximum absolute atomic E-state index is 12.6. The number of nitrogens with one attached hydrogen (secondary N) is 1. The number of nitrogens with zero attached hydrogens (tertiary/aromatic N) is 1. The van der Waals surface area contributed by atoms with Crippen LogP contribution in [0, 0.1) is 12.8 Å². The zero-order valence-corrected chi connectivity index (χ0v) is 16.3. The standard InChI is InChI=1S/C18H29N3O3S/c1-12(2)21(4)25(23,24)15-9-8-13(3)17(11-15)20-18(22)10-14-6-5-7-16(14)19/h8-9,11-12,14,16H,5-7,10,19H2,1-4H3,(H,20,22)/t14-,16+/m0/s1. The zero-order valence-electron chi connectivity index (χ0n) is 15.5. The number of rotatable bonds is 6. The first-order valence-electron chi connectivity index (χ1n) is 8.77. The van der Waals surface area contributed by atoms with E-state index in [-0.39, 0.29) is 28.8 Å². The fourth-order valence-electron chi connectivity index (χ4n) is 3.10. The molecule has 1 aromatic rings. The van der Waals surface area contributed by atoms with Gasteiger partial charge in [0, 0.05) is 31.2 Å². The van der Waals surface area contributed by atoms with Crippen molar-refractivity contribution in [3.63, 3.8) is 0 Å². The normalized spacial score (nSPS) is 21.1. The number of amides is 1. The molecule has 0 aromatic heterocycles. The molecule has 1 amide bonds. The van der Waals surface area contributed by atoms with E-state index in [0.717, 1.165) is 24.8 Å². The van der Waals surface area contributed by atoms with Crippen molar-refractivity contribution in [1.29, 1.82) is 0 Å². The summed E-state index contributed by atoms with van der Waals surface area (Å²) in [6, 6.07) is 4.77. The minimum absolute atomic E-state index is 0.0817. The Morgan fingerprint density at radius 3 is 2.60 bits per heavy atom. The van der Waals surface area contributed by atoms with E-state index < -0.39 is 10.0 Å². The van der Waals surface area contributed by atoms with Gasteiger partial charge in [0.2, 0.25) is 15.9 Å². The monoisotopic (exact) mass is 367 g/mol. The molecule has 0 heterocycles. The van der Waals surface area contributed by atoms with Gasteiger partial charge in [0.25, 0.3) is 0 Å². The van der Waals surface area contributed by atoms with Crippen molar-refractivity contribution in [2.75, 3.05) is 12.4 Å². The van der Waals surface area contributed by atoms with Gasteiger partial charge in [-0.25, -0.2) is 8.42 Å². The van der Waals surface area contributed by atoms with E-state index in [2.05, 4.69) is 5.32 Å². The van der Waals surface area contributed by atoms with E-state index in [1.54, 1.807) is 19.2 Å². The van der Waals surface area contributed by atoms with E-state index in [9.17, 15) is 13.2 Å². The highest BCUT2D eigenvalue weighted by molar-refractivity contribution is 7.89. The second kappa shape index (κ2) is 7.85. The lowest BCUT2D eigenvalue weighted by Crippen LogP contribution is -2.33.